The SMILES string of the molecule is CC(C)CCN1CCOc2cccc(N3CCNCC3)c21. The van der Waals surface area contributed by atoms with Crippen LogP contribution in [0.4, 0.5) is 11.4 Å². The predicted molar refractivity (Wildman–Crippen MR) is 88.7 cm³/mol. The minimum Gasteiger partial charge on any atom is -0.489 e. The van der Waals surface area contributed by atoms with Crippen molar-refractivity contribution in [1.29, 1.82) is 0 Å². The van der Waals surface area contributed by atoms with Crippen LogP contribution < -0.4 is 19.9 Å². The molecular weight excluding hydrogens is 262 g/mol. The zero-order chi connectivity index (χ0) is 14.7. The van der Waals surface area contributed by atoms with Gasteiger partial charge in [0.25, 0.3) is 0 Å². The maximum absolute atomic E-state index is 5.91. The third-order valence-electron chi connectivity index (χ3n) is 4.35. The maximum atomic E-state index is 5.91. The molecule has 0 spiro atoms. The van der Waals surface area contributed by atoms with Gasteiger partial charge < -0.3 is 19.9 Å². The zero-order valence-corrected chi connectivity index (χ0v) is 13.3. The molecule has 0 aliphatic carbocycles. The van der Waals surface area contributed by atoms with Gasteiger partial charge in [-0.3, -0.25) is 0 Å². The molecule has 0 aromatic heterocycles. The fourth-order valence-electron chi connectivity index (χ4n) is 3.12. The van der Waals surface area contributed by atoms with Gasteiger partial charge in [-0.2, -0.15) is 0 Å². The normalized spacial score (nSPS) is 18.6. The van der Waals surface area contributed by atoms with Crippen LogP contribution in [0, 0.1) is 5.92 Å². The van der Waals surface area contributed by atoms with Crippen molar-refractivity contribution in [2.24, 2.45) is 5.92 Å². The average Bonchev–Trinajstić information content (AvgIpc) is 2.53. The molecule has 0 bridgehead atoms. The molecule has 1 fully saturated rings. The summed E-state index contributed by atoms with van der Waals surface area (Å²) in [6.45, 7) is 11.8. The second-order valence-corrected chi connectivity index (χ2v) is 6.38. The minimum absolute atomic E-state index is 0.739. The minimum atomic E-state index is 0.739. The Morgan fingerprint density at radius 3 is 2.76 bits per heavy atom. The Bertz CT molecular complexity index is 469. The summed E-state index contributed by atoms with van der Waals surface area (Å²) in [5.74, 6) is 1.80. The first-order valence-electron chi connectivity index (χ1n) is 8.22. The van der Waals surface area contributed by atoms with Crippen molar-refractivity contribution in [2.45, 2.75) is 20.3 Å². The summed E-state index contributed by atoms with van der Waals surface area (Å²) in [4.78, 5) is 5.02. The van der Waals surface area contributed by atoms with E-state index in [0.29, 0.717) is 0 Å². The lowest BCUT2D eigenvalue weighted by Crippen LogP contribution is -2.45. The standard InChI is InChI=1S/C17H27N3O/c1-14(2)6-9-20-12-13-21-16-5-3-4-15(17(16)20)19-10-7-18-8-11-19/h3-5,14,18H,6-13H2,1-2H3. The van der Waals surface area contributed by atoms with Crippen molar-refractivity contribution in [3.05, 3.63) is 18.2 Å². The number of rotatable bonds is 4. The quantitative estimate of drug-likeness (QED) is 0.921. The first-order chi connectivity index (χ1) is 10.3. The van der Waals surface area contributed by atoms with Crippen molar-refractivity contribution in [2.75, 3.05) is 55.7 Å². The number of ether oxygens (including phenoxy) is 1. The molecule has 1 saturated heterocycles. The third kappa shape index (κ3) is 3.26. The lowest BCUT2D eigenvalue weighted by atomic mass is 10.1. The molecule has 1 aromatic rings. The van der Waals surface area contributed by atoms with Crippen LogP contribution in [0.1, 0.15) is 20.3 Å². The van der Waals surface area contributed by atoms with Crippen LogP contribution in [0.5, 0.6) is 5.75 Å². The first kappa shape index (κ1) is 14.5. The molecule has 2 aliphatic rings. The number of piperazine rings is 1. The molecular formula is C17H27N3O. The zero-order valence-electron chi connectivity index (χ0n) is 13.3. The highest BCUT2D eigenvalue weighted by Crippen LogP contribution is 2.40. The van der Waals surface area contributed by atoms with E-state index in [9.17, 15) is 0 Å². The van der Waals surface area contributed by atoms with Gasteiger partial charge in [-0.05, 0) is 24.5 Å². The molecule has 0 saturated carbocycles. The van der Waals surface area contributed by atoms with Gasteiger partial charge in [0.15, 0.2) is 0 Å². The molecule has 0 amide bonds. The van der Waals surface area contributed by atoms with Crippen LogP contribution in [0.15, 0.2) is 18.2 Å². The average molecular weight is 289 g/mol. The maximum Gasteiger partial charge on any atom is 0.144 e. The monoisotopic (exact) mass is 289 g/mol. The topological polar surface area (TPSA) is 27.7 Å². The van der Waals surface area contributed by atoms with Crippen LogP contribution >= 0.6 is 0 Å². The van der Waals surface area contributed by atoms with Gasteiger partial charge in [0, 0.05) is 32.7 Å². The Morgan fingerprint density at radius 2 is 2.00 bits per heavy atom. The molecule has 1 aromatic carbocycles. The smallest absolute Gasteiger partial charge is 0.144 e. The molecule has 0 atom stereocenters. The lowest BCUT2D eigenvalue weighted by molar-refractivity contribution is 0.306. The Kier molecular flexibility index (Phi) is 4.54. The molecule has 2 heterocycles. The van der Waals surface area contributed by atoms with Crippen LogP contribution in [-0.2, 0) is 0 Å². The number of nitrogens with zero attached hydrogens (tertiary/aromatic N) is 2. The Morgan fingerprint density at radius 1 is 1.19 bits per heavy atom. The molecule has 0 radical (unpaired) electrons. The van der Waals surface area contributed by atoms with E-state index >= 15 is 0 Å². The highest BCUT2D eigenvalue weighted by molar-refractivity contribution is 5.78. The van der Waals surface area contributed by atoms with E-state index in [2.05, 4.69) is 47.2 Å². The van der Waals surface area contributed by atoms with Crippen LogP contribution in [-0.4, -0.2) is 45.9 Å². The largest absolute Gasteiger partial charge is 0.489 e. The van der Waals surface area contributed by atoms with Crippen molar-refractivity contribution < 1.29 is 4.74 Å². The number of benzene rings is 1. The summed E-state index contributed by atoms with van der Waals surface area (Å²) in [5.41, 5.74) is 2.66. The van der Waals surface area contributed by atoms with Gasteiger partial charge in [-0.25, -0.2) is 0 Å². The molecule has 2 aliphatic heterocycles. The number of hydrogen-bond donors (Lipinski definition) is 1. The Balaban J connectivity index is 1.87. The molecule has 1 N–H and O–H groups in total. The second-order valence-electron chi connectivity index (χ2n) is 6.38. The van der Waals surface area contributed by atoms with E-state index in [-0.39, 0.29) is 0 Å². The van der Waals surface area contributed by atoms with Crippen LogP contribution in [0.25, 0.3) is 0 Å². The van der Waals surface area contributed by atoms with Gasteiger partial charge >= 0.3 is 0 Å². The van der Waals surface area contributed by atoms with Crippen molar-refractivity contribution in [3.8, 4) is 5.75 Å². The van der Waals surface area contributed by atoms with E-state index in [0.717, 1.165) is 57.5 Å². The van der Waals surface area contributed by atoms with E-state index < -0.39 is 0 Å². The molecule has 116 valence electrons. The Hall–Kier alpha value is -1.42. The fourth-order valence-corrected chi connectivity index (χ4v) is 3.12. The lowest BCUT2D eigenvalue weighted by Gasteiger charge is -2.38. The first-order valence-corrected chi connectivity index (χ1v) is 8.22. The number of fused-ring (bicyclic) bond motifs is 1. The number of hydrogen-bond acceptors (Lipinski definition) is 4. The summed E-state index contributed by atoms with van der Waals surface area (Å²) in [7, 11) is 0. The summed E-state index contributed by atoms with van der Waals surface area (Å²) < 4.78 is 5.91. The van der Waals surface area contributed by atoms with Crippen LogP contribution in [0.3, 0.4) is 0 Å². The summed E-state index contributed by atoms with van der Waals surface area (Å²) >= 11 is 0. The number of nitrogens with one attached hydrogen (secondary N) is 1. The highest BCUT2D eigenvalue weighted by atomic mass is 16.5. The van der Waals surface area contributed by atoms with Gasteiger partial charge in [-0.1, -0.05) is 19.9 Å². The summed E-state index contributed by atoms with van der Waals surface area (Å²) in [6.07, 6.45) is 1.23. The molecule has 0 unspecified atom stereocenters. The summed E-state index contributed by atoms with van der Waals surface area (Å²) in [5, 5.41) is 3.43. The van der Waals surface area contributed by atoms with Crippen LogP contribution in [0.2, 0.25) is 0 Å². The van der Waals surface area contributed by atoms with E-state index in [1.165, 1.54) is 17.8 Å². The van der Waals surface area contributed by atoms with Gasteiger partial charge in [0.2, 0.25) is 0 Å². The molecule has 3 rings (SSSR count). The number of para-hydroxylation sites is 1. The fraction of sp³-hybridized carbons (Fsp3) is 0.647. The molecule has 21 heavy (non-hydrogen) atoms. The third-order valence-corrected chi connectivity index (χ3v) is 4.35. The molecule has 4 heteroatoms. The Labute approximate surface area is 128 Å². The predicted octanol–water partition coefficient (Wildman–Crippen LogP) is 2.34. The van der Waals surface area contributed by atoms with E-state index in [1.54, 1.807) is 0 Å². The van der Waals surface area contributed by atoms with Crippen molar-refractivity contribution in [3.63, 3.8) is 0 Å². The van der Waals surface area contributed by atoms with Gasteiger partial charge in [-0.15, -0.1) is 0 Å². The van der Waals surface area contributed by atoms with Crippen molar-refractivity contribution in [1.82, 2.24) is 5.32 Å². The van der Waals surface area contributed by atoms with Gasteiger partial charge in [0.1, 0.15) is 18.0 Å². The van der Waals surface area contributed by atoms with E-state index in [4.69, 9.17) is 4.74 Å². The second kappa shape index (κ2) is 6.56. The van der Waals surface area contributed by atoms with Crippen molar-refractivity contribution >= 4 is 11.4 Å². The summed E-state index contributed by atoms with van der Waals surface area (Å²) in [6, 6.07) is 6.49. The molecule has 4 nitrogen and oxygen atoms in total. The number of anilines is 2. The highest BCUT2D eigenvalue weighted by Gasteiger charge is 2.24. The van der Waals surface area contributed by atoms with Gasteiger partial charge in [0.05, 0.1) is 12.2 Å². The van der Waals surface area contributed by atoms with E-state index in [1.807, 2.05) is 0 Å².